The SMILES string of the molecule is CN(C)c1ccc(/C=C/c2nc(-c3ccccc3)c(C(=O)O)s2)cc1. The van der Waals surface area contributed by atoms with Gasteiger partial charge in [0.05, 0.1) is 5.69 Å². The molecule has 0 radical (unpaired) electrons. The Balaban J connectivity index is 1.89. The Labute approximate surface area is 150 Å². The first kappa shape index (κ1) is 16.9. The van der Waals surface area contributed by atoms with Crippen molar-refractivity contribution in [3.8, 4) is 11.3 Å². The third kappa shape index (κ3) is 3.95. The van der Waals surface area contributed by atoms with Crippen LogP contribution in [0.2, 0.25) is 0 Å². The second-order valence-corrected chi connectivity index (χ2v) is 6.75. The zero-order valence-corrected chi connectivity index (χ0v) is 14.8. The summed E-state index contributed by atoms with van der Waals surface area (Å²) in [5, 5.41) is 10.1. The lowest BCUT2D eigenvalue weighted by atomic mass is 10.1. The molecule has 3 rings (SSSR count). The second kappa shape index (κ2) is 7.32. The van der Waals surface area contributed by atoms with E-state index in [1.165, 1.54) is 11.3 Å². The maximum absolute atomic E-state index is 11.5. The summed E-state index contributed by atoms with van der Waals surface area (Å²) in [5.41, 5.74) is 3.50. The normalized spacial score (nSPS) is 11.0. The third-order valence-corrected chi connectivity index (χ3v) is 4.72. The molecule has 3 aromatic rings. The standard InChI is InChI=1S/C20H18N2O2S/c1-22(2)16-11-8-14(9-12-16)10-13-17-21-18(19(25-17)20(23)24)15-6-4-3-5-7-15/h3-13H,1-2H3,(H,23,24)/b13-10+. The van der Waals surface area contributed by atoms with Crippen molar-refractivity contribution in [2.75, 3.05) is 19.0 Å². The van der Waals surface area contributed by atoms with Gasteiger partial charge in [0, 0.05) is 25.3 Å². The van der Waals surface area contributed by atoms with Gasteiger partial charge in [0.1, 0.15) is 9.88 Å². The first-order valence-corrected chi connectivity index (χ1v) is 8.61. The number of anilines is 1. The molecule has 0 aliphatic carbocycles. The third-order valence-electron chi connectivity index (χ3n) is 3.71. The van der Waals surface area contributed by atoms with Gasteiger partial charge in [0.2, 0.25) is 0 Å². The van der Waals surface area contributed by atoms with Gasteiger partial charge in [0.15, 0.2) is 0 Å². The molecule has 0 saturated carbocycles. The van der Waals surface area contributed by atoms with Gasteiger partial charge >= 0.3 is 5.97 Å². The molecule has 0 aliphatic heterocycles. The van der Waals surface area contributed by atoms with Crippen molar-refractivity contribution in [2.24, 2.45) is 0 Å². The first-order chi connectivity index (χ1) is 12.0. The molecule has 1 N–H and O–H groups in total. The van der Waals surface area contributed by atoms with Crippen molar-refractivity contribution in [3.05, 3.63) is 70.0 Å². The molecule has 0 spiro atoms. The van der Waals surface area contributed by atoms with Gasteiger partial charge in [-0.25, -0.2) is 9.78 Å². The van der Waals surface area contributed by atoms with E-state index in [9.17, 15) is 9.90 Å². The van der Waals surface area contributed by atoms with Gasteiger partial charge < -0.3 is 10.0 Å². The Hall–Kier alpha value is -2.92. The highest BCUT2D eigenvalue weighted by Crippen LogP contribution is 2.29. The van der Waals surface area contributed by atoms with Crippen LogP contribution in [0, 0.1) is 0 Å². The molecule has 0 saturated heterocycles. The molecule has 126 valence electrons. The number of hydrogen-bond donors (Lipinski definition) is 1. The second-order valence-electron chi connectivity index (χ2n) is 5.72. The fraction of sp³-hybridized carbons (Fsp3) is 0.100. The van der Waals surface area contributed by atoms with Gasteiger partial charge in [-0.2, -0.15) is 0 Å². The fourth-order valence-electron chi connectivity index (χ4n) is 2.40. The molecule has 1 heterocycles. The average molecular weight is 350 g/mol. The molecule has 25 heavy (non-hydrogen) atoms. The number of carbonyl (C=O) groups is 1. The summed E-state index contributed by atoms with van der Waals surface area (Å²) in [4.78, 5) is 18.3. The first-order valence-electron chi connectivity index (χ1n) is 7.79. The fourth-order valence-corrected chi connectivity index (χ4v) is 3.23. The molecule has 4 nitrogen and oxygen atoms in total. The minimum Gasteiger partial charge on any atom is -0.477 e. The molecule has 0 fully saturated rings. The van der Waals surface area contributed by atoms with Crippen molar-refractivity contribution in [3.63, 3.8) is 0 Å². The predicted octanol–water partition coefficient (Wildman–Crippen LogP) is 4.74. The Bertz CT molecular complexity index is 897. The number of aromatic nitrogens is 1. The molecule has 0 unspecified atom stereocenters. The summed E-state index contributed by atoms with van der Waals surface area (Å²) >= 11 is 1.18. The smallest absolute Gasteiger partial charge is 0.348 e. The number of nitrogens with zero attached hydrogens (tertiary/aromatic N) is 2. The van der Waals surface area contributed by atoms with Crippen LogP contribution < -0.4 is 4.90 Å². The van der Waals surface area contributed by atoms with Crippen LogP contribution >= 0.6 is 11.3 Å². The Kier molecular flexibility index (Phi) is 4.95. The van der Waals surface area contributed by atoms with Crippen LogP contribution in [0.15, 0.2) is 54.6 Å². The van der Waals surface area contributed by atoms with Gasteiger partial charge in [-0.1, -0.05) is 48.5 Å². The Morgan fingerprint density at radius 3 is 2.32 bits per heavy atom. The molecule has 5 heteroatoms. The van der Waals surface area contributed by atoms with Crippen molar-refractivity contribution in [1.29, 1.82) is 0 Å². The molecular weight excluding hydrogens is 332 g/mol. The molecule has 0 bridgehead atoms. The number of benzene rings is 2. The van der Waals surface area contributed by atoms with Crippen LogP contribution in [0.1, 0.15) is 20.2 Å². The van der Waals surface area contributed by atoms with E-state index < -0.39 is 5.97 Å². The topological polar surface area (TPSA) is 53.4 Å². The van der Waals surface area contributed by atoms with Crippen LogP contribution in [-0.4, -0.2) is 30.2 Å². The lowest BCUT2D eigenvalue weighted by Crippen LogP contribution is -2.07. The largest absolute Gasteiger partial charge is 0.477 e. The maximum Gasteiger partial charge on any atom is 0.348 e. The lowest BCUT2D eigenvalue weighted by Gasteiger charge is -2.11. The van der Waals surface area contributed by atoms with Crippen molar-refractivity contribution >= 4 is 35.1 Å². The summed E-state index contributed by atoms with van der Waals surface area (Å²) in [6.45, 7) is 0. The van der Waals surface area contributed by atoms with E-state index in [0.717, 1.165) is 16.8 Å². The van der Waals surface area contributed by atoms with Crippen LogP contribution in [-0.2, 0) is 0 Å². The number of carboxylic acid groups (broad SMARTS) is 1. The lowest BCUT2D eigenvalue weighted by molar-refractivity contribution is 0.0702. The monoisotopic (exact) mass is 350 g/mol. The molecule has 0 amide bonds. The van der Waals surface area contributed by atoms with Gasteiger partial charge in [0.25, 0.3) is 0 Å². The zero-order valence-electron chi connectivity index (χ0n) is 14.0. The van der Waals surface area contributed by atoms with E-state index in [4.69, 9.17) is 0 Å². The highest BCUT2D eigenvalue weighted by atomic mass is 32.1. The van der Waals surface area contributed by atoms with E-state index >= 15 is 0 Å². The van der Waals surface area contributed by atoms with Crippen molar-refractivity contribution in [1.82, 2.24) is 4.98 Å². The minimum atomic E-state index is -0.952. The summed E-state index contributed by atoms with van der Waals surface area (Å²) in [5.74, 6) is -0.952. The van der Waals surface area contributed by atoms with Crippen LogP contribution in [0.25, 0.3) is 23.4 Å². The summed E-state index contributed by atoms with van der Waals surface area (Å²) in [6.07, 6.45) is 3.80. The van der Waals surface area contributed by atoms with E-state index in [1.807, 2.05) is 85.7 Å². The van der Waals surface area contributed by atoms with Crippen molar-refractivity contribution < 1.29 is 9.90 Å². The molecular formula is C20H18N2O2S. The minimum absolute atomic E-state index is 0.258. The van der Waals surface area contributed by atoms with E-state index in [-0.39, 0.29) is 4.88 Å². The van der Waals surface area contributed by atoms with Gasteiger partial charge in [-0.15, -0.1) is 11.3 Å². The number of carboxylic acids is 1. The summed E-state index contributed by atoms with van der Waals surface area (Å²) in [6, 6.07) is 17.5. The van der Waals surface area contributed by atoms with Crippen LogP contribution in [0.3, 0.4) is 0 Å². The molecule has 1 aromatic heterocycles. The number of thiazole rings is 1. The maximum atomic E-state index is 11.5. The van der Waals surface area contributed by atoms with Crippen LogP contribution in [0.4, 0.5) is 5.69 Å². The van der Waals surface area contributed by atoms with E-state index in [2.05, 4.69) is 4.98 Å². The highest BCUT2D eigenvalue weighted by Gasteiger charge is 2.17. The quantitative estimate of drug-likeness (QED) is 0.722. The summed E-state index contributed by atoms with van der Waals surface area (Å²) in [7, 11) is 4.00. The van der Waals surface area contributed by atoms with Crippen molar-refractivity contribution in [2.45, 2.75) is 0 Å². The van der Waals surface area contributed by atoms with Gasteiger partial charge in [-0.05, 0) is 23.8 Å². The Morgan fingerprint density at radius 2 is 1.72 bits per heavy atom. The average Bonchev–Trinajstić information content (AvgIpc) is 3.06. The van der Waals surface area contributed by atoms with Gasteiger partial charge in [-0.3, -0.25) is 0 Å². The molecule has 0 atom stereocenters. The predicted molar refractivity (Wildman–Crippen MR) is 104 cm³/mol. The molecule has 2 aromatic carbocycles. The summed E-state index contributed by atoms with van der Waals surface area (Å²) < 4.78 is 0. The Morgan fingerprint density at radius 1 is 1.04 bits per heavy atom. The van der Waals surface area contributed by atoms with Crippen LogP contribution in [0.5, 0.6) is 0 Å². The van der Waals surface area contributed by atoms with E-state index in [1.54, 1.807) is 0 Å². The number of rotatable bonds is 5. The number of hydrogen-bond acceptors (Lipinski definition) is 4. The molecule has 0 aliphatic rings. The zero-order chi connectivity index (χ0) is 17.8. The number of aromatic carboxylic acids is 1. The highest BCUT2D eigenvalue weighted by molar-refractivity contribution is 7.15. The van der Waals surface area contributed by atoms with E-state index in [0.29, 0.717) is 10.7 Å².